The first-order valence-electron chi connectivity index (χ1n) is 14.3. The number of carbonyl (C=O) groups excluding carboxylic acids is 2. The van der Waals surface area contributed by atoms with Crippen molar-refractivity contribution in [2.24, 2.45) is 0 Å². The number of benzene rings is 4. The molecule has 0 aliphatic heterocycles. The number of halogens is 1. The predicted octanol–water partition coefficient (Wildman–Crippen LogP) is 5.20. The summed E-state index contributed by atoms with van der Waals surface area (Å²) in [6.07, 6.45) is 0.816. The van der Waals surface area contributed by atoms with Crippen LogP contribution < -0.4 is 14.4 Å². The normalized spacial score (nSPS) is 11.8. The minimum absolute atomic E-state index is 0.00852. The lowest BCUT2D eigenvalue weighted by Gasteiger charge is -2.34. The van der Waals surface area contributed by atoms with Crippen LogP contribution in [0, 0.1) is 5.82 Å². The van der Waals surface area contributed by atoms with Gasteiger partial charge in [0.05, 0.1) is 17.7 Å². The second-order valence-electron chi connectivity index (χ2n) is 10.1. The van der Waals surface area contributed by atoms with E-state index in [1.807, 2.05) is 37.3 Å². The van der Waals surface area contributed by atoms with E-state index in [1.165, 1.54) is 36.3 Å². The number of nitrogens with one attached hydrogen (secondary N) is 1. The second kappa shape index (κ2) is 15.2. The van der Waals surface area contributed by atoms with Crippen LogP contribution in [0.4, 0.5) is 10.1 Å². The van der Waals surface area contributed by atoms with Crippen molar-refractivity contribution in [3.8, 4) is 5.75 Å². The van der Waals surface area contributed by atoms with Crippen molar-refractivity contribution in [2.75, 3.05) is 24.5 Å². The van der Waals surface area contributed by atoms with Crippen molar-refractivity contribution >= 4 is 27.5 Å². The Bertz CT molecular complexity index is 1630. The summed E-state index contributed by atoms with van der Waals surface area (Å²) in [5, 5.41) is 2.87. The van der Waals surface area contributed by atoms with Gasteiger partial charge in [0.25, 0.3) is 10.0 Å². The van der Waals surface area contributed by atoms with E-state index in [2.05, 4.69) is 5.32 Å². The minimum atomic E-state index is -4.23. The zero-order chi connectivity index (χ0) is 31.5. The molecule has 8 nitrogen and oxygen atoms in total. The number of sulfonamides is 1. The maximum absolute atomic E-state index is 15.0. The first-order valence-corrected chi connectivity index (χ1v) is 15.7. The molecule has 0 aliphatic rings. The molecule has 230 valence electrons. The van der Waals surface area contributed by atoms with Crippen LogP contribution in [0.25, 0.3) is 0 Å². The molecule has 2 amide bonds. The van der Waals surface area contributed by atoms with Gasteiger partial charge in [0.2, 0.25) is 11.8 Å². The van der Waals surface area contributed by atoms with Crippen molar-refractivity contribution in [1.82, 2.24) is 10.2 Å². The highest BCUT2D eigenvalue weighted by Crippen LogP contribution is 2.27. The predicted molar refractivity (Wildman–Crippen MR) is 168 cm³/mol. The highest BCUT2D eigenvalue weighted by atomic mass is 32.2. The van der Waals surface area contributed by atoms with E-state index in [0.29, 0.717) is 18.7 Å². The van der Waals surface area contributed by atoms with Gasteiger partial charge in [-0.05, 0) is 54.4 Å². The van der Waals surface area contributed by atoms with E-state index in [9.17, 15) is 22.4 Å². The molecule has 10 heteroatoms. The molecular formula is C34H36FN3O5S. The molecular weight excluding hydrogens is 581 g/mol. The average Bonchev–Trinajstić information content (AvgIpc) is 3.05. The van der Waals surface area contributed by atoms with Gasteiger partial charge in [-0.25, -0.2) is 12.8 Å². The number of anilines is 1. The molecule has 0 aliphatic carbocycles. The van der Waals surface area contributed by atoms with Gasteiger partial charge in [0.15, 0.2) is 0 Å². The fraction of sp³-hybridized carbons (Fsp3) is 0.235. The van der Waals surface area contributed by atoms with Crippen LogP contribution in [0.5, 0.6) is 5.75 Å². The summed E-state index contributed by atoms with van der Waals surface area (Å²) in [7, 11) is -2.74. The molecule has 0 saturated heterocycles. The molecule has 0 fully saturated rings. The van der Waals surface area contributed by atoms with E-state index < -0.39 is 40.2 Å². The number of carbonyl (C=O) groups is 2. The number of nitrogens with zero attached hydrogens (tertiary/aromatic N) is 2. The molecule has 0 bridgehead atoms. The third-order valence-corrected chi connectivity index (χ3v) is 8.88. The third-order valence-electron chi connectivity index (χ3n) is 7.09. The first-order chi connectivity index (χ1) is 21.2. The fourth-order valence-corrected chi connectivity index (χ4v) is 6.16. The van der Waals surface area contributed by atoms with Gasteiger partial charge >= 0.3 is 0 Å². The largest absolute Gasteiger partial charge is 0.497 e. The van der Waals surface area contributed by atoms with E-state index in [4.69, 9.17) is 4.74 Å². The Morgan fingerprint density at radius 2 is 1.48 bits per heavy atom. The molecule has 0 spiro atoms. The quantitative estimate of drug-likeness (QED) is 0.210. The highest BCUT2D eigenvalue weighted by Gasteiger charge is 2.34. The smallest absolute Gasteiger partial charge is 0.264 e. The van der Waals surface area contributed by atoms with Crippen molar-refractivity contribution in [2.45, 2.75) is 37.2 Å². The number of rotatable bonds is 14. The van der Waals surface area contributed by atoms with Gasteiger partial charge in [-0.2, -0.15) is 0 Å². The Morgan fingerprint density at radius 1 is 0.864 bits per heavy atom. The summed E-state index contributed by atoms with van der Waals surface area (Å²) in [4.78, 5) is 29.2. The van der Waals surface area contributed by atoms with Crippen molar-refractivity contribution in [3.63, 3.8) is 0 Å². The van der Waals surface area contributed by atoms with Gasteiger partial charge in [-0.3, -0.25) is 13.9 Å². The maximum Gasteiger partial charge on any atom is 0.264 e. The zero-order valence-electron chi connectivity index (χ0n) is 24.7. The van der Waals surface area contributed by atoms with Gasteiger partial charge in [-0.15, -0.1) is 0 Å². The summed E-state index contributed by atoms with van der Waals surface area (Å²) >= 11 is 0. The van der Waals surface area contributed by atoms with Crippen LogP contribution in [0.3, 0.4) is 0 Å². The molecule has 1 N–H and O–H groups in total. The lowest BCUT2D eigenvalue weighted by molar-refractivity contribution is -0.140. The van der Waals surface area contributed by atoms with Crippen LogP contribution >= 0.6 is 0 Å². The summed E-state index contributed by atoms with van der Waals surface area (Å²) in [6, 6.07) is 28.2. The Labute approximate surface area is 258 Å². The Morgan fingerprint density at radius 3 is 2.09 bits per heavy atom. The molecule has 4 aromatic carbocycles. The van der Waals surface area contributed by atoms with Gasteiger partial charge in [0.1, 0.15) is 24.2 Å². The summed E-state index contributed by atoms with van der Waals surface area (Å²) < 4.78 is 49.2. The number of amides is 2. The molecule has 0 unspecified atom stereocenters. The second-order valence-corrected chi connectivity index (χ2v) is 12.0. The molecule has 0 radical (unpaired) electrons. The number of methoxy groups -OCH3 is 1. The van der Waals surface area contributed by atoms with Gasteiger partial charge < -0.3 is 15.0 Å². The Kier molecular flexibility index (Phi) is 11.1. The zero-order valence-corrected chi connectivity index (χ0v) is 25.5. The molecule has 0 heterocycles. The highest BCUT2D eigenvalue weighted by molar-refractivity contribution is 7.92. The number of hydrogen-bond donors (Lipinski definition) is 1. The van der Waals surface area contributed by atoms with Crippen LogP contribution in [0.15, 0.2) is 114 Å². The van der Waals surface area contributed by atoms with Crippen LogP contribution in [-0.4, -0.2) is 51.4 Å². The Balaban J connectivity index is 1.80. The lowest BCUT2D eigenvalue weighted by atomic mass is 10.0. The molecule has 0 saturated carbocycles. The van der Waals surface area contributed by atoms with E-state index in [1.54, 1.807) is 54.6 Å². The van der Waals surface area contributed by atoms with E-state index in [-0.39, 0.29) is 29.1 Å². The topological polar surface area (TPSA) is 96.0 Å². The first kappa shape index (κ1) is 32.2. The van der Waals surface area contributed by atoms with Crippen molar-refractivity contribution < 1.29 is 27.1 Å². The minimum Gasteiger partial charge on any atom is -0.497 e. The number of hydrogen-bond acceptors (Lipinski definition) is 5. The fourth-order valence-electron chi connectivity index (χ4n) is 4.73. The lowest BCUT2D eigenvalue weighted by Crippen LogP contribution is -2.53. The monoisotopic (exact) mass is 617 g/mol. The van der Waals surface area contributed by atoms with Crippen molar-refractivity contribution in [1.29, 1.82) is 0 Å². The SMILES string of the molecule is CCCNC(=O)[C@@H](Cc1ccccc1)N(Cc1ccccc1F)C(=O)CN(c1ccc(OC)cc1)S(=O)(=O)c1ccccc1. The van der Waals surface area contributed by atoms with Crippen molar-refractivity contribution in [3.05, 3.63) is 126 Å². The van der Waals surface area contributed by atoms with Crippen LogP contribution in [0.2, 0.25) is 0 Å². The molecule has 4 rings (SSSR count). The Hall–Kier alpha value is -4.70. The van der Waals surface area contributed by atoms with Crippen LogP contribution in [0.1, 0.15) is 24.5 Å². The molecule has 44 heavy (non-hydrogen) atoms. The molecule has 4 aromatic rings. The molecule has 0 aromatic heterocycles. The number of ether oxygens (including phenoxy) is 1. The van der Waals surface area contributed by atoms with Crippen LogP contribution in [-0.2, 0) is 32.6 Å². The average molecular weight is 618 g/mol. The van der Waals surface area contributed by atoms with E-state index >= 15 is 0 Å². The standard InChI is InChI=1S/C34H36FN3O5S/c1-3-22-36-34(40)32(23-26-12-6-4-7-13-26)37(24-27-14-10-11-17-31(27)35)33(39)25-38(28-18-20-29(43-2)21-19-28)44(41,42)30-15-8-5-9-16-30/h4-21,32H,3,22-25H2,1-2H3,(H,36,40)/t32-/m1/s1. The summed E-state index contributed by atoms with van der Waals surface area (Å²) in [5.74, 6) is -1.12. The van der Waals surface area contributed by atoms with Gasteiger partial charge in [-0.1, -0.05) is 73.7 Å². The maximum atomic E-state index is 15.0. The van der Waals surface area contributed by atoms with Gasteiger partial charge in [0, 0.05) is 25.1 Å². The summed E-state index contributed by atoms with van der Waals surface area (Å²) in [6.45, 7) is 1.41. The molecule has 1 atom stereocenters. The third kappa shape index (κ3) is 8.02. The van der Waals surface area contributed by atoms with E-state index in [0.717, 1.165) is 9.87 Å². The summed E-state index contributed by atoms with van der Waals surface area (Å²) in [5.41, 5.74) is 1.22.